The number of aryl methyl sites for hydroxylation is 2. The number of hydrogen-bond donors (Lipinski definition) is 1. The Hall–Kier alpha value is -2.23. The number of hydrogen-bond acceptors (Lipinski definition) is 3. The molecule has 4 nitrogen and oxygen atoms in total. The minimum atomic E-state index is -0.0966. The Balaban J connectivity index is 1.74. The zero-order chi connectivity index (χ0) is 14.4. The van der Waals surface area contributed by atoms with E-state index in [0.29, 0.717) is 19.0 Å². The standard InChI is InChI=1S/C16H19NO3/c1-12-4-6-14(7-5-12)19-10-3-11-20-16-13(2)17-9-8-15(16)18/h4-9H,3,10-11H2,1-2H3,(H,17,18). The van der Waals surface area contributed by atoms with Crippen LogP contribution in [0.2, 0.25) is 0 Å². The molecule has 0 saturated heterocycles. The van der Waals surface area contributed by atoms with Crippen LogP contribution in [-0.4, -0.2) is 18.2 Å². The first kappa shape index (κ1) is 14.2. The summed E-state index contributed by atoms with van der Waals surface area (Å²) >= 11 is 0. The fraction of sp³-hybridized carbons (Fsp3) is 0.312. The molecular formula is C16H19NO3. The molecule has 0 unspecified atom stereocenters. The second-order valence-electron chi connectivity index (χ2n) is 4.66. The molecule has 4 heteroatoms. The summed E-state index contributed by atoms with van der Waals surface area (Å²) in [5, 5.41) is 0. The molecule has 0 aliphatic heterocycles. The molecule has 0 aliphatic carbocycles. The maximum atomic E-state index is 11.6. The zero-order valence-corrected chi connectivity index (χ0v) is 11.8. The van der Waals surface area contributed by atoms with Crippen molar-refractivity contribution in [3.05, 3.63) is 58.0 Å². The van der Waals surface area contributed by atoms with Gasteiger partial charge < -0.3 is 14.5 Å². The third kappa shape index (κ3) is 3.88. The van der Waals surface area contributed by atoms with Gasteiger partial charge in [0.25, 0.3) is 0 Å². The predicted molar refractivity (Wildman–Crippen MR) is 78.6 cm³/mol. The van der Waals surface area contributed by atoms with Crippen molar-refractivity contribution < 1.29 is 9.47 Å². The van der Waals surface area contributed by atoms with Crippen molar-refractivity contribution in [2.75, 3.05) is 13.2 Å². The van der Waals surface area contributed by atoms with Gasteiger partial charge in [0.1, 0.15) is 5.75 Å². The van der Waals surface area contributed by atoms with Gasteiger partial charge in [-0.05, 0) is 26.0 Å². The van der Waals surface area contributed by atoms with Crippen molar-refractivity contribution in [3.8, 4) is 11.5 Å². The summed E-state index contributed by atoms with van der Waals surface area (Å²) in [6.07, 6.45) is 2.34. The molecule has 0 radical (unpaired) electrons. The Bertz CT molecular complexity index is 602. The summed E-state index contributed by atoms with van der Waals surface area (Å²) in [5.74, 6) is 1.24. The molecule has 0 bridgehead atoms. The second-order valence-corrected chi connectivity index (χ2v) is 4.66. The average molecular weight is 273 g/mol. The van der Waals surface area contributed by atoms with E-state index in [-0.39, 0.29) is 5.43 Å². The van der Waals surface area contributed by atoms with Gasteiger partial charge in [0.2, 0.25) is 5.43 Å². The Morgan fingerprint density at radius 3 is 2.40 bits per heavy atom. The quantitative estimate of drug-likeness (QED) is 0.823. The molecule has 0 saturated carbocycles. The molecule has 0 atom stereocenters. The van der Waals surface area contributed by atoms with Crippen LogP contribution in [0.3, 0.4) is 0 Å². The highest BCUT2D eigenvalue weighted by Gasteiger charge is 2.03. The maximum absolute atomic E-state index is 11.6. The summed E-state index contributed by atoms with van der Waals surface area (Å²) in [4.78, 5) is 14.5. The molecule has 1 heterocycles. The highest BCUT2D eigenvalue weighted by molar-refractivity contribution is 5.26. The largest absolute Gasteiger partial charge is 0.493 e. The van der Waals surface area contributed by atoms with Gasteiger partial charge in [0.15, 0.2) is 5.75 Å². The van der Waals surface area contributed by atoms with Crippen molar-refractivity contribution in [2.45, 2.75) is 20.3 Å². The van der Waals surface area contributed by atoms with Gasteiger partial charge in [0.05, 0.1) is 18.9 Å². The molecular weight excluding hydrogens is 254 g/mol. The van der Waals surface area contributed by atoms with E-state index in [9.17, 15) is 4.79 Å². The normalized spacial score (nSPS) is 10.3. The first-order valence-corrected chi connectivity index (χ1v) is 6.67. The van der Waals surface area contributed by atoms with Crippen LogP contribution in [0.15, 0.2) is 41.3 Å². The van der Waals surface area contributed by atoms with Crippen LogP contribution in [0, 0.1) is 13.8 Å². The van der Waals surface area contributed by atoms with E-state index in [1.54, 1.807) is 6.20 Å². The number of nitrogens with one attached hydrogen (secondary N) is 1. The van der Waals surface area contributed by atoms with Crippen LogP contribution in [0.25, 0.3) is 0 Å². The van der Waals surface area contributed by atoms with E-state index < -0.39 is 0 Å². The molecule has 1 aromatic carbocycles. The number of ether oxygens (including phenoxy) is 2. The molecule has 0 amide bonds. The van der Waals surface area contributed by atoms with Crippen LogP contribution in [0.5, 0.6) is 11.5 Å². The summed E-state index contributed by atoms with van der Waals surface area (Å²) in [6, 6.07) is 9.38. The number of H-pyrrole nitrogens is 1. The third-order valence-electron chi connectivity index (χ3n) is 2.92. The fourth-order valence-corrected chi connectivity index (χ4v) is 1.81. The summed E-state index contributed by atoms with van der Waals surface area (Å²) in [7, 11) is 0. The average Bonchev–Trinajstić information content (AvgIpc) is 2.43. The van der Waals surface area contributed by atoms with Crippen molar-refractivity contribution >= 4 is 0 Å². The van der Waals surface area contributed by atoms with Gasteiger partial charge in [-0.25, -0.2) is 0 Å². The number of rotatable bonds is 6. The highest BCUT2D eigenvalue weighted by atomic mass is 16.5. The van der Waals surface area contributed by atoms with E-state index in [4.69, 9.17) is 9.47 Å². The SMILES string of the molecule is Cc1ccc(OCCCOc2c(C)[nH]ccc2=O)cc1. The van der Waals surface area contributed by atoms with E-state index in [1.165, 1.54) is 11.6 Å². The highest BCUT2D eigenvalue weighted by Crippen LogP contribution is 2.12. The predicted octanol–water partition coefficient (Wildman–Crippen LogP) is 2.84. The van der Waals surface area contributed by atoms with Crippen LogP contribution >= 0.6 is 0 Å². The number of aromatic nitrogens is 1. The first-order valence-electron chi connectivity index (χ1n) is 6.67. The van der Waals surface area contributed by atoms with Crippen LogP contribution in [0.1, 0.15) is 17.7 Å². The smallest absolute Gasteiger partial charge is 0.223 e. The Kier molecular flexibility index (Phi) is 4.82. The molecule has 20 heavy (non-hydrogen) atoms. The van der Waals surface area contributed by atoms with E-state index in [2.05, 4.69) is 4.98 Å². The third-order valence-corrected chi connectivity index (χ3v) is 2.92. The molecule has 2 aromatic rings. The molecule has 106 valence electrons. The Labute approximate surface area is 118 Å². The van der Waals surface area contributed by atoms with Crippen LogP contribution in [0.4, 0.5) is 0 Å². The maximum Gasteiger partial charge on any atom is 0.223 e. The van der Waals surface area contributed by atoms with Crippen molar-refractivity contribution in [3.63, 3.8) is 0 Å². The van der Waals surface area contributed by atoms with Crippen LogP contribution < -0.4 is 14.9 Å². The first-order chi connectivity index (χ1) is 9.66. The molecule has 0 spiro atoms. The molecule has 0 fully saturated rings. The number of aromatic amines is 1. The Morgan fingerprint density at radius 1 is 1.00 bits per heavy atom. The fourth-order valence-electron chi connectivity index (χ4n) is 1.81. The van der Waals surface area contributed by atoms with Gasteiger partial charge in [-0.3, -0.25) is 4.79 Å². The molecule has 0 aliphatic rings. The molecule has 1 aromatic heterocycles. The van der Waals surface area contributed by atoms with E-state index in [0.717, 1.165) is 17.9 Å². The molecule has 1 N–H and O–H groups in total. The minimum absolute atomic E-state index is 0.0966. The summed E-state index contributed by atoms with van der Waals surface area (Å²) in [6.45, 7) is 4.88. The zero-order valence-electron chi connectivity index (χ0n) is 11.8. The van der Waals surface area contributed by atoms with Gasteiger partial charge in [-0.1, -0.05) is 17.7 Å². The van der Waals surface area contributed by atoms with Gasteiger partial charge in [-0.15, -0.1) is 0 Å². The van der Waals surface area contributed by atoms with Gasteiger partial charge in [-0.2, -0.15) is 0 Å². The summed E-state index contributed by atoms with van der Waals surface area (Å²) < 4.78 is 11.1. The van der Waals surface area contributed by atoms with Gasteiger partial charge in [0, 0.05) is 18.7 Å². The summed E-state index contributed by atoms with van der Waals surface area (Å²) in [5.41, 5.74) is 1.86. The van der Waals surface area contributed by atoms with Gasteiger partial charge >= 0.3 is 0 Å². The lowest BCUT2D eigenvalue weighted by Gasteiger charge is -2.09. The number of benzene rings is 1. The topological polar surface area (TPSA) is 51.3 Å². The van der Waals surface area contributed by atoms with E-state index in [1.807, 2.05) is 38.1 Å². The Morgan fingerprint density at radius 2 is 1.70 bits per heavy atom. The number of pyridine rings is 1. The lowest BCUT2D eigenvalue weighted by Crippen LogP contribution is -2.12. The van der Waals surface area contributed by atoms with Crippen LogP contribution in [-0.2, 0) is 0 Å². The lowest BCUT2D eigenvalue weighted by molar-refractivity contribution is 0.245. The monoisotopic (exact) mass is 273 g/mol. The van der Waals surface area contributed by atoms with E-state index >= 15 is 0 Å². The van der Waals surface area contributed by atoms with Crippen molar-refractivity contribution in [1.29, 1.82) is 0 Å². The van der Waals surface area contributed by atoms with Crippen molar-refractivity contribution in [2.24, 2.45) is 0 Å². The van der Waals surface area contributed by atoms with Crippen molar-refractivity contribution in [1.82, 2.24) is 4.98 Å². The lowest BCUT2D eigenvalue weighted by atomic mass is 10.2. The second kappa shape index (κ2) is 6.80. The minimum Gasteiger partial charge on any atom is -0.493 e. The molecule has 2 rings (SSSR count).